The van der Waals surface area contributed by atoms with Gasteiger partial charge in [-0.2, -0.15) is 5.10 Å². The van der Waals surface area contributed by atoms with E-state index < -0.39 is 0 Å². The quantitative estimate of drug-likeness (QED) is 0.677. The normalized spacial score (nSPS) is 18.2. The lowest BCUT2D eigenvalue weighted by Crippen LogP contribution is -2.34. The highest BCUT2D eigenvalue weighted by Crippen LogP contribution is 2.39. The molecule has 1 saturated heterocycles. The highest BCUT2D eigenvalue weighted by atomic mass is 15.4. The van der Waals surface area contributed by atoms with Crippen molar-refractivity contribution in [3.05, 3.63) is 42.4 Å². The first-order chi connectivity index (χ1) is 13.3. The molecule has 2 fully saturated rings. The Bertz CT molecular complexity index is 905. The van der Waals surface area contributed by atoms with Crippen molar-refractivity contribution in [2.24, 2.45) is 7.05 Å². The molecule has 0 bridgehead atoms. The van der Waals surface area contributed by atoms with Crippen LogP contribution in [0, 0.1) is 0 Å². The molecule has 27 heavy (non-hydrogen) atoms. The zero-order valence-corrected chi connectivity index (χ0v) is 15.4. The molecule has 0 atom stereocenters. The molecule has 1 saturated carbocycles. The van der Waals surface area contributed by atoms with Crippen molar-refractivity contribution in [2.75, 3.05) is 18.0 Å². The van der Waals surface area contributed by atoms with E-state index >= 15 is 0 Å². The van der Waals surface area contributed by atoms with Gasteiger partial charge >= 0.3 is 0 Å². The number of anilines is 1. The first-order valence-corrected chi connectivity index (χ1v) is 9.55. The predicted molar refractivity (Wildman–Crippen MR) is 98.3 cm³/mol. The van der Waals surface area contributed by atoms with Gasteiger partial charge < -0.3 is 9.47 Å². The summed E-state index contributed by atoms with van der Waals surface area (Å²) in [6.45, 7) is 2.56. The second-order valence-corrected chi connectivity index (χ2v) is 7.46. The van der Waals surface area contributed by atoms with E-state index in [1.165, 1.54) is 24.9 Å². The van der Waals surface area contributed by atoms with Crippen LogP contribution in [0.1, 0.15) is 54.9 Å². The lowest BCUT2D eigenvalue weighted by atomic mass is 9.96. The first-order valence-electron chi connectivity index (χ1n) is 9.55. The van der Waals surface area contributed by atoms with E-state index in [1.807, 2.05) is 7.05 Å². The molecule has 2 aliphatic rings. The molecular weight excluding hydrogens is 342 g/mol. The Morgan fingerprint density at radius 2 is 1.85 bits per heavy atom. The van der Waals surface area contributed by atoms with E-state index in [9.17, 15) is 0 Å². The van der Waals surface area contributed by atoms with Gasteiger partial charge in [-0.25, -0.2) is 19.6 Å². The molecule has 9 nitrogen and oxygen atoms in total. The van der Waals surface area contributed by atoms with Crippen LogP contribution in [0.4, 0.5) is 5.82 Å². The van der Waals surface area contributed by atoms with Crippen LogP contribution in [-0.2, 0) is 13.6 Å². The smallest absolute Gasteiger partial charge is 0.154 e. The van der Waals surface area contributed by atoms with Crippen molar-refractivity contribution < 1.29 is 0 Å². The molecule has 9 heteroatoms. The molecular formula is C18H23N9. The molecule has 0 amide bonds. The van der Waals surface area contributed by atoms with Crippen LogP contribution in [0.3, 0.4) is 0 Å². The standard InChI is InChI=1S/C18H23N9/c1-25-17(9-27-12-19-10-22-27)23-24-18(25)14-4-6-26(7-5-14)16-8-15(13-2-3-13)20-11-21-16/h8,10-14H,2-7,9H2,1H3. The summed E-state index contributed by atoms with van der Waals surface area (Å²) in [5.41, 5.74) is 1.20. The van der Waals surface area contributed by atoms with Gasteiger partial charge in [0.25, 0.3) is 0 Å². The third-order valence-corrected chi connectivity index (χ3v) is 5.62. The van der Waals surface area contributed by atoms with Crippen LogP contribution in [0.15, 0.2) is 25.0 Å². The molecule has 0 radical (unpaired) electrons. The summed E-state index contributed by atoms with van der Waals surface area (Å²) >= 11 is 0. The van der Waals surface area contributed by atoms with Crippen LogP contribution in [0.25, 0.3) is 0 Å². The Kier molecular flexibility index (Phi) is 4.06. The van der Waals surface area contributed by atoms with Crippen LogP contribution in [0.2, 0.25) is 0 Å². The topological polar surface area (TPSA) is 90.4 Å². The van der Waals surface area contributed by atoms with E-state index in [0.717, 1.165) is 43.4 Å². The van der Waals surface area contributed by atoms with Gasteiger partial charge in [0.2, 0.25) is 0 Å². The predicted octanol–water partition coefficient (Wildman–Crippen LogP) is 1.51. The molecule has 3 aromatic rings. The third kappa shape index (κ3) is 3.29. The van der Waals surface area contributed by atoms with E-state index in [2.05, 4.69) is 45.8 Å². The monoisotopic (exact) mass is 365 g/mol. The molecule has 1 aliphatic heterocycles. The maximum Gasteiger partial charge on any atom is 0.154 e. The first kappa shape index (κ1) is 16.3. The summed E-state index contributed by atoms with van der Waals surface area (Å²) in [5.74, 6) is 4.11. The van der Waals surface area contributed by atoms with Gasteiger partial charge in [-0.05, 0) is 25.7 Å². The van der Waals surface area contributed by atoms with Crippen LogP contribution < -0.4 is 4.90 Å². The summed E-state index contributed by atoms with van der Waals surface area (Å²) in [6.07, 6.45) is 9.59. The molecule has 0 unspecified atom stereocenters. The minimum absolute atomic E-state index is 0.424. The molecule has 0 N–H and O–H groups in total. The van der Waals surface area contributed by atoms with Gasteiger partial charge in [-0.1, -0.05) is 0 Å². The van der Waals surface area contributed by atoms with Crippen LogP contribution in [-0.4, -0.2) is 52.6 Å². The third-order valence-electron chi connectivity index (χ3n) is 5.62. The molecule has 4 heterocycles. The van der Waals surface area contributed by atoms with Crippen molar-refractivity contribution in [1.82, 2.24) is 39.5 Å². The average molecular weight is 365 g/mol. The van der Waals surface area contributed by atoms with Gasteiger partial charge in [0.1, 0.15) is 37.2 Å². The largest absolute Gasteiger partial charge is 0.356 e. The number of rotatable bonds is 5. The van der Waals surface area contributed by atoms with Crippen molar-refractivity contribution in [3.8, 4) is 0 Å². The maximum atomic E-state index is 4.50. The van der Waals surface area contributed by atoms with Crippen LogP contribution in [0.5, 0.6) is 0 Å². The van der Waals surface area contributed by atoms with Gasteiger partial charge in [0.05, 0.1) is 0 Å². The van der Waals surface area contributed by atoms with Gasteiger partial charge in [0, 0.05) is 43.7 Å². The second-order valence-electron chi connectivity index (χ2n) is 7.46. The van der Waals surface area contributed by atoms with E-state index in [4.69, 9.17) is 0 Å². The molecule has 140 valence electrons. The highest BCUT2D eigenvalue weighted by molar-refractivity contribution is 5.41. The lowest BCUT2D eigenvalue weighted by Gasteiger charge is -2.32. The lowest BCUT2D eigenvalue weighted by molar-refractivity contribution is 0.469. The zero-order chi connectivity index (χ0) is 18.2. The second kappa shape index (κ2) is 6.71. The van der Waals surface area contributed by atoms with E-state index in [1.54, 1.807) is 17.3 Å². The minimum Gasteiger partial charge on any atom is -0.356 e. The Morgan fingerprint density at radius 3 is 2.59 bits per heavy atom. The summed E-state index contributed by atoms with van der Waals surface area (Å²) in [6, 6.07) is 2.18. The zero-order valence-electron chi connectivity index (χ0n) is 15.4. The number of hydrogen-bond donors (Lipinski definition) is 0. The number of piperidine rings is 1. The summed E-state index contributed by atoms with van der Waals surface area (Å²) in [4.78, 5) is 15.3. The fourth-order valence-corrected chi connectivity index (χ4v) is 3.83. The molecule has 5 rings (SSSR count). The Hall–Kier alpha value is -2.84. The van der Waals surface area contributed by atoms with E-state index in [0.29, 0.717) is 18.4 Å². The number of hydrogen-bond acceptors (Lipinski definition) is 7. The number of aromatic nitrogens is 8. The van der Waals surface area contributed by atoms with Gasteiger partial charge in [-0.15, -0.1) is 10.2 Å². The fourth-order valence-electron chi connectivity index (χ4n) is 3.83. The van der Waals surface area contributed by atoms with Crippen molar-refractivity contribution in [3.63, 3.8) is 0 Å². The summed E-state index contributed by atoms with van der Waals surface area (Å²) < 4.78 is 3.88. The summed E-state index contributed by atoms with van der Waals surface area (Å²) in [7, 11) is 2.04. The van der Waals surface area contributed by atoms with E-state index in [-0.39, 0.29) is 0 Å². The minimum atomic E-state index is 0.424. The average Bonchev–Trinajstić information content (AvgIpc) is 3.33. The Balaban J connectivity index is 1.25. The van der Waals surface area contributed by atoms with Crippen molar-refractivity contribution in [1.29, 1.82) is 0 Å². The molecule has 0 spiro atoms. The molecule has 3 aromatic heterocycles. The van der Waals surface area contributed by atoms with Crippen molar-refractivity contribution in [2.45, 2.75) is 44.1 Å². The van der Waals surface area contributed by atoms with Crippen LogP contribution >= 0.6 is 0 Å². The fraction of sp³-hybridized carbons (Fsp3) is 0.556. The molecule has 0 aromatic carbocycles. The van der Waals surface area contributed by atoms with Crippen molar-refractivity contribution >= 4 is 5.82 Å². The maximum absolute atomic E-state index is 4.50. The van der Waals surface area contributed by atoms with Gasteiger partial charge in [0.15, 0.2) is 5.82 Å². The Morgan fingerprint density at radius 1 is 1.00 bits per heavy atom. The molecule has 1 aliphatic carbocycles. The highest BCUT2D eigenvalue weighted by Gasteiger charge is 2.28. The summed E-state index contributed by atoms with van der Waals surface area (Å²) in [5, 5.41) is 13.0. The SMILES string of the molecule is Cn1c(Cn2cncn2)nnc1C1CCN(c2cc(C3CC3)ncn2)CC1. The number of nitrogens with zero attached hydrogens (tertiary/aromatic N) is 9. The van der Waals surface area contributed by atoms with Gasteiger partial charge in [-0.3, -0.25) is 0 Å². The Labute approximate surface area is 157 Å².